The highest BCUT2D eigenvalue weighted by Crippen LogP contribution is 2.42. The number of carbonyl (C=O) groups is 1. The van der Waals surface area contributed by atoms with Gasteiger partial charge in [0.1, 0.15) is 0 Å². The smallest absolute Gasteiger partial charge is 0.232 e. The second kappa shape index (κ2) is 4.26. The third-order valence-corrected chi connectivity index (χ3v) is 3.44. The van der Waals surface area contributed by atoms with Gasteiger partial charge in [0.15, 0.2) is 0 Å². The number of anilines is 1. The summed E-state index contributed by atoms with van der Waals surface area (Å²) in [6, 6.07) is 13.8. The number of aromatic nitrogens is 1. The van der Waals surface area contributed by atoms with E-state index in [1.54, 1.807) is 6.20 Å². The van der Waals surface area contributed by atoms with Crippen LogP contribution in [0.1, 0.15) is 18.5 Å². The molecule has 0 radical (unpaired) electrons. The van der Waals surface area contributed by atoms with Crippen molar-refractivity contribution >= 4 is 11.6 Å². The van der Waals surface area contributed by atoms with Crippen LogP contribution in [0.15, 0.2) is 54.9 Å². The third-order valence-electron chi connectivity index (χ3n) is 3.44. The van der Waals surface area contributed by atoms with Gasteiger partial charge in [0.2, 0.25) is 5.91 Å². The van der Waals surface area contributed by atoms with Crippen LogP contribution in [-0.4, -0.2) is 10.9 Å². The number of hydrogen-bond acceptors (Lipinski definition) is 2. The fraction of sp³-hybridized carbons (Fsp3) is 0.200. The Labute approximate surface area is 106 Å². The van der Waals surface area contributed by atoms with Crippen molar-refractivity contribution in [3.8, 4) is 0 Å². The molecule has 0 bridgehead atoms. The van der Waals surface area contributed by atoms with Crippen LogP contribution >= 0.6 is 0 Å². The van der Waals surface area contributed by atoms with Crippen molar-refractivity contribution in [2.75, 3.05) is 4.90 Å². The number of para-hydroxylation sites is 1. The molecule has 3 heteroatoms. The van der Waals surface area contributed by atoms with E-state index in [0.29, 0.717) is 0 Å². The van der Waals surface area contributed by atoms with Gasteiger partial charge in [0.25, 0.3) is 0 Å². The lowest BCUT2D eigenvalue weighted by atomic mass is 9.84. The lowest BCUT2D eigenvalue weighted by molar-refractivity contribution is -0.129. The first-order valence-electron chi connectivity index (χ1n) is 6.07. The number of hydrogen-bond donors (Lipinski definition) is 0. The molecule has 1 fully saturated rings. The Morgan fingerprint density at radius 2 is 1.89 bits per heavy atom. The highest BCUT2D eigenvalue weighted by Gasteiger charge is 2.45. The van der Waals surface area contributed by atoms with Crippen LogP contribution in [0.5, 0.6) is 0 Å². The molecule has 1 saturated heterocycles. The van der Waals surface area contributed by atoms with Gasteiger partial charge in [-0.05, 0) is 23.8 Å². The lowest BCUT2D eigenvalue weighted by Crippen LogP contribution is -2.54. The van der Waals surface area contributed by atoms with Gasteiger partial charge in [-0.2, -0.15) is 0 Å². The molecule has 1 aromatic heterocycles. The molecule has 18 heavy (non-hydrogen) atoms. The summed E-state index contributed by atoms with van der Waals surface area (Å²) < 4.78 is 0. The quantitative estimate of drug-likeness (QED) is 0.754. The molecule has 0 spiro atoms. The summed E-state index contributed by atoms with van der Waals surface area (Å²) in [5.41, 5.74) is 2.04. The van der Waals surface area contributed by atoms with Crippen LogP contribution < -0.4 is 4.90 Å². The second-order valence-electron chi connectivity index (χ2n) is 4.56. The van der Waals surface area contributed by atoms with E-state index >= 15 is 0 Å². The first kappa shape index (κ1) is 11.0. The Balaban J connectivity index is 1.97. The molecular formula is C15H14N2O. The number of benzene rings is 1. The number of rotatable bonds is 2. The van der Waals surface area contributed by atoms with Crippen LogP contribution in [-0.2, 0) is 4.79 Å². The predicted octanol–water partition coefficient (Wildman–Crippen LogP) is 2.81. The van der Waals surface area contributed by atoms with Crippen molar-refractivity contribution in [3.05, 3.63) is 60.4 Å². The average molecular weight is 238 g/mol. The predicted molar refractivity (Wildman–Crippen MR) is 70.1 cm³/mol. The summed E-state index contributed by atoms with van der Waals surface area (Å²) in [4.78, 5) is 18.0. The minimum Gasteiger partial charge on any atom is -0.304 e. The average Bonchev–Trinajstić information content (AvgIpc) is 2.45. The van der Waals surface area contributed by atoms with Gasteiger partial charge in [-0.15, -0.1) is 0 Å². The molecule has 3 rings (SSSR count). The number of pyridine rings is 1. The molecule has 0 saturated carbocycles. The number of β-lactam (4-membered cyclic amide) rings is 1. The van der Waals surface area contributed by atoms with Crippen LogP contribution in [0.4, 0.5) is 5.69 Å². The van der Waals surface area contributed by atoms with Crippen LogP contribution in [0.2, 0.25) is 0 Å². The maximum Gasteiger partial charge on any atom is 0.232 e. The standard InChI is InChI=1S/C15H14N2O/c1-11-14(12-6-5-9-16-10-12)17(15(11)18)13-7-3-2-4-8-13/h2-11,14H,1H3/t11-,14+/m1/s1. The van der Waals surface area contributed by atoms with Crippen LogP contribution in [0.25, 0.3) is 0 Å². The van der Waals surface area contributed by atoms with E-state index in [1.165, 1.54) is 0 Å². The summed E-state index contributed by atoms with van der Waals surface area (Å²) in [6.07, 6.45) is 3.59. The molecular weight excluding hydrogens is 224 g/mol. The molecule has 0 unspecified atom stereocenters. The largest absolute Gasteiger partial charge is 0.304 e. The van der Waals surface area contributed by atoms with Gasteiger partial charge in [-0.3, -0.25) is 9.78 Å². The van der Waals surface area contributed by atoms with Crippen molar-refractivity contribution in [1.29, 1.82) is 0 Å². The molecule has 2 heterocycles. The van der Waals surface area contributed by atoms with E-state index < -0.39 is 0 Å². The Morgan fingerprint density at radius 3 is 2.56 bits per heavy atom. The topological polar surface area (TPSA) is 33.2 Å². The monoisotopic (exact) mass is 238 g/mol. The minimum absolute atomic E-state index is 0.0226. The normalized spacial score (nSPS) is 22.7. The zero-order chi connectivity index (χ0) is 12.5. The second-order valence-corrected chi connectivity index (χ2v) is 4.56. The Hall–Kier alpha value is -2.16. The molecule has 3 nitrogen and oxygen atoms in total. The molecule has 0 aliphatic carbocycles. The van der Waals surface area contributed by atoms with Gasteiger partial charge in [-0.25, -0.2) is 0 Å². The fourth-order valence-corrected chi connectivity index (χ4v) is 2.50. The first-order valence-corrected chi connectivity index (χ1v) is 6.07. The highest BCUT2D eigenvalue weighted by atomic mass is 16.2. The Morgan fingerprint density at radius 1 is 1.11 bits per heavy atom. The van der Waals surface area contributed by atoms with E-state index in [0.717, 1.165) is 11.3 Å². The third kappa shape index (κ3) is 1.59. The van der Waals surface area contributed by atoms with Crippen LogP contribution in [0, 0.1) is 5.92 Å². The summed E-state index contributed by atoms with van der Waals surface area (Å²) >= 11 is 0. The fourth-order valence-electron chi connectivity index (χ4n) is 2.50. The summed E-state index contributed by atoms with van der Waals surface area (Å²) in [6.45, 7) is 1.97. The van der Waals surface area contributed by atoms with Gasteiger partial charge >= 0.3 is 0 Å². The van der Waals surface area contributed by atoms with E-state index in [9.17, 15) is 4.79 Å². The molecule has 2 aromatic rings. The molecule has 1 aliphatic rings. The van der Waals surface area contributed by atoms with Crippen molar-refractivity contribution in [1.82, 2.24) is 4.98 Å². The summed E-state index contributed by atoms with van der Waals surface area (Å²) in [7, 11) is 0. The van der Waals surface area contributed by atoms with E-state index in [2.05, 4.69) is 4.98 Å². The van der Waals surface area contributed by atoms with Gasteiger partial charge in [0.05, 0.1) is 12.0 Å². The molecule has 0 N–H and O–H groups in total. The number of nitrogens with zero attached hydrogens (tertiary/aromatic N) is 2. The van der Waals surface area contributed by atoms with E-state index in [1.807, 2.05) is 60.5 Å². The SMILES string of the molecule is C[C@H]1C(=O)N(c2ccccc2)[C@@H]1c1cccnc1. The van der Waals surface area contributed by atoms with Crippen LogP contribution in [0.3, 0.4) is 0 Å². The van der Waals surface area contributed by atoms with Gasteiger partial charge < -0.3 is 4.90 Å². The van der Waals surface area contributed by atoms with Crippen molar-refractivity contribution < 1.29 is 4.79 Å². The molecule has 2 atom stereocenters. The van der Waals surface area contributed by atoms with E-state index in [-0.39, 0.29) is 17.9 Å². The number of carbonyl (C=O) groups excluding carboxylic acids is 1. The molecule has 1 amide bonds. The van der Waals surface area contributed by atoms with Crippen molar-refractivity contribution in [2.45, 2.75) is 13.0 Å². The van der Waals surface area contributed by atoms with Gasteiger partial charge in [-0.1, -0.05) is 31.2 Å². The first-order chi connectivity index (χ1) is 8.79. The number of amides is 1. The lowest BCUT2D eigenvalue weighted by Gasteiger charge is -2.45. The van der Waals surface area contributed by atoms with Crippen molar-refractivity contribution in [2.24, 2.45) is 5.92 Å². The maximum absolute atomic E-state index is 12.1. The molecule has 1 aromatic carbocycles. The van der Waals surface area contributed by atoms with E-state index in [4.69, 9.17) is 0 Å². The van der Waals surface area contributed by atoms with Gasteiger partial charge in [0, 0.05) is 18.1 Å². The highest BCUT2D eigenvalue weighted by molar-refractivity contribution is 6.02. The van der Waals surface area contributed by atoms with Crippen molar-refractivity contribution in [3.63, 3.8) is 0 Å². The summed E-state index contributed by atoms with van der Waals surface area (Å²) in [5.74, 6) is 0.199. The Kier molecular flexibility index (Phi) is 2.59. The summed E-state index contributed by atoms with van der Waals surface area (Å²) in [5, 5.41) is 0. The Bertz CT molecular complexity index is 553. The zero-order valence-electron chi connectivity index (χ0n) is 10.2. The minimum atomic E-state index is 0.0226. The molecule has 90 valence electrons. The molecule has 1 aliphatic heterocycles. The zero-order valence-corrected chi connectivity index (χ0v) is 10.2. The maximum atomic E-state index is 12.1.